The third-order valence-electron chi connectivity index (χ3n) is 2.69. The summed E-state index contributed by atoms with van der Waals surface area (Å²) in [6, 6.07) is 11.1. The van der Waals surface area contributed by atoms with Crippen LogP contribution in [0.25, 0.3) is 0 Å². The minimum Gasteiger partial charge on any atom is -0.306 e. The minimum absolute atomic E-state index is 0.660. The van der Waals surface area contributed by atoms with Crippen molar-refractivity contribution in [1.29, 1.82) is 0 Å². The van der Waals surface area contributed by atoms with Gasteiger partial charge in [-0.25, -0.2) is 0 Å². The third-order valence-corrected chi connectivity index (χ3v) is 3.72. The molecule has 0 bridgehead atoms. The SMILES string of the molecule is c1ccc(CSc2nncn2C2CC2)cc1. The Balaban J connectivity index is 1.68. The Morgan fingerprint density at radius 3 is 2.81 bits per heavy atom. The third kappa shape index (κ3) is 2.11. The molecule has 1 fully saturated rings. The van der Waals surface area contributed by atoms with E-state index in [1.807, 2.05) is 12.4 Å². The van der Waals surface area contributed by atoms with E-state index in [2.05, 4.69) is 39.0 Å². The summed E-state index contributed by atoms with van der Waals surface area (Å²) in [4.78, 5) is 0. The monoisotopic (exact) mass is 231 g/mol. The van der Waals surface area contributed by atoms with E-state index < -0.39 is 0 Å². The van der Waals surface area contributed by atoms with E-state index in [1.54, 1.807) is 11.8 Å². The molecule has 1 aliphatic rings. The maximum atomic E-state index is 4.17. The quantitative estimate of drug-likeness (QED) is 0.758. The van der Waals surface area contributed by atoms with Crippen LogP contribution >= 0.6 is 11.8 Å². The van der Waals surface area contributed by atoms with Gasteiger partial charge in [0.2, 0.25) is 0 Å². The van der Waals surface area contributed by atoms with Crippen molar-refractivity contribution in [2.45, 2.75) is 29.8 Å². The molecule has 1 aromatic carbocycles. The number of thioether (sulfide) groups is 1. The predicted octanol–water partition coefficient (Wildman–Crippen LogP) is 2.91. The molecule has 3 rings (SSSR count). The Labute approximate surface area is 98.9 Å². The van der Waals surface area contributed by atoms with Crippen molar-refractivity contribution in [3.05, 3.63) is 42.2 Å². The van der Waals surface area contributed by atoms with Crippen molar-refractivity contribution in [3.63, 3.8) is 0 Å². The summed E-state index contributed by atoms with van der Waals surface area (Å²) in [7, 11) is 0. The Kier molecular flexibility index (Phi) is 2.66. The fraction of sp³-hybridized carbons (Fsp3) is 0.333. The summed E-state index contributed by atoms with van der Waals surface area (Å²) in [5.41, 5.74) is 1.33. The van der Waals surface area contributed by atoms with E-state index in [0.717, 1.165) is 10.9 Å². The van der Waals surface area contributed by atoms with Crippen LogP contribution in [0.3, 0.4) is 0 Å². The van der Waals surface area contributed by atoms with E-state index >= 15 is 0 Å². The fourth-order valence-corrected chi connectivity index (χ4v) is 2.60. The Morgan fingerprint density at radius 2 is 2.06 bits per heavy atom. The standard InChI is InChI=1S/C12H13N3S/c1-2-4-10(5-3-1)8-16-12-14-13-9-15(12)11-6-7-11/h1-5,9,11H,6-8H2. The van der Waals surface area contributed by atoms with Gasteiger partial charge in [0.05, 0.1) is 0 Å². The first kappa shape index (κ1) is 9.90. The molecule has 82 valence electrons. The van der Waals surface area contributed by atoms with E-state index in [4.69, 9.17) is 0 Å². The molecule has 1 aliphatic carbocycles. The van der Waals surface area contributed by atoms with Crippen molar-refractivity contribution in [3.8, 4) is 0 Å². The number of benzene rings is 1. The molecule has 1 aromatic heterocycles. The van der Waals surface area contributed by atoms with Crippen molar-refractivity contribution < 1.29 is 0 Å². The highest BCUT2D eigenvalue weighted by Crippen LogP contribution is 2.37. The lowest BCUT2D eigenvalue weighted by Gasteiger charge is -2.03. The van der Waals surface area contributed by atoms with Gasteiger partial charge in [-0.15, -0.1) is 10.2 Å². The Bertz CT molecular complexity index is 462. The van der Waals surface area contributed by atoms with Gasteiger partial charge in [0.25, 0.3) is 0 Å². The topological polar surface area (TPSA) is 30.7 Å². The maximum Gasteiger partial charge on any atom is 0.191 e. The first-order valence-electron chi connectivity index (χ1n) is 5.50. The zero-order valence-corrected chi connectivity index (χ0v) is 9.73. The second kappa shape index (κ2) is 4.29. The molecule has 1 heterocycles. The summed E-state index contributed by atoms with van der Waals surface area (Å²) < 4.78 is 2.20. The second-order valence-corrected chi connectivity index (χ2v) is 4.97. The molecule has 0 unspecified atom stereocenters. The molecule has 2 aromatic rings. The van der Waals surface area contributed by atoms with Crippen LogP contribution < -0.4 is 0 Å². The average Bonchev–Trinajstić information content (AvgIpc) is 3.07. The van der Waals surface area contributed by atoms with Gasteiger partial charge in [-0.05, 0) is 18.4 Å². The Morgan fingerprint density at radius 1 is 1.25 bits per heavy atom. The van der Waals surface area contributed by atoms with Gasteiger partial charge in [-0.1, -0.05) is 42.1 Å². The van der Waals surface area contributed by atoms with Gasteiger partial charge in [0.15, 0.2) is 5.16 Å². The van der Waals surface area contributed by atoms with E-state index in [-0.39, 0.29) is 0 Å². The number of aromatic nitrogens is 3. The van der Waals surface area contributed by atoms with Crippen LogP contribution in [0.15, 0.2) is 41.8 Å². The van der Waals surface area contributed by atoms with Gasteiger partial charge in [-0.2, -0.15) is 0 Å². The molecule has 1 saturated carbocycles. The van der Waals surface area contributed by atoms with E-state index in [0.29, 0.717) is 6.04 Å². The lowest BCUT2D eigenvalue weighted by atomic mass is 10.2. The summed E-state index contributed by atoms with van der Waals surface area (Å²) in [5, 5.41) is 9.20. The van der Waals surface area contributed by atoms with Crippen LogP contribution in [0.2, 0.25) is 0 Å². The van der Waals surface area contributed by atoms with Gasteiger partial charge in [-0.3, -0.25) is 0 Å². The number of nitrogens with zero attached hydrogens (tertiary/aromatic N) is 3. The normalized spacial score (nSPS) is 15.2. The van der Waals surface area contributed by atoms with E-state index in [9.17, 15) is 0 Å². The number of hydrogen-bond acceptors (Lipinski definition) is 3. The highest BCUT2D eigenvalue weighted by Gasteiger charge is 2.26. The van der Waals surface area contributed by atoms with Crippen LogP contribution in [0.4, 0.5) is 0 Å². The highest BCUT2D eigenvalue weighted by atomic mass is 32.2. The van der Waals surface area contributed by atoms with Gasteiger partial charge in [0.1, 0.15) is 6.33 Å². The molecule has 0 radical (unpaired) electrons. The lowest BCUT2D eigenvalue weighted by Crippen LogP contribution is -1.94. The Hall–Kier alpha value is -1.29. The minimum atomic E-state index is 0.660. The molecule has 0 saturated heterocycles. The van der Waals surface area contributed by atoms with Crippen molar-refractivity contribution in [2.75, 3.05) is 0 Å². The maximum absolute atomic E-state index is 4.17. The van der Waals surface area contributed by atoms with Gasteiger partial charge < -0.3 is 4.57 Å². The van der Waals surface area contributed by atoms with Crippen LogP contribution in [0.1, 0.15) is 24.4 Å². The smallest absolute Gasteiger partial charge is 0.191 e. The zero-order valence-electron chi connectivity index (χ0n) is 8.91. The molecule has 4 heteroatoms. The summed E-state index contributed by atoms with van der Waals surface area (Å²) in [6.45, 7) is 0. The molecule has 3 nitrogen and oxygen atoms in total. The number of rotatable bonds is 4. The largest absolute Gasteiger partial charge is 0.306 e. The molecule has 16 heavy (non-hydrogen) atoms. The molecular formula is C12H13N3S. The van der Waals surface area contributed by atoms with Crippen molar-refractivity contribution in [1.82, 2.24) is 14.8 Å². The average molecular weight is 231 g/mol. The summed E-state index contributed by atoms with van der Waals surface area (Å²) in [5.74, 6) is 0.965. The molecule has 0 atom stereocenters. The lowest BCUT2D eigenvalue weighted by molar-refractivity contribution is 0.663. The van der Waals surface area contributed by atoms with Crippen LogP contribution in [-0.4, -0.2) is 14.8 Å². The molecular weight excluding hydrogens is 218 g/mol. The second-order valence-electron chi connectivity index (χ2n) is 4.03. The first-order chi connectivity index (χ1) is 7.93. The van der Waals surface area contributed by atoms with E-state index in [1.165, 1.54) is 18.4 Å². The fourth-order valence-electron chi connectivity index (χ4n) is 1.66. The highest BCUT2D eigenvalue weighted by molar-refractivity contribution is 7.98. The molecule has 0 spiro atoms. The van der Waals surface area contributed by atoms with Crippen molar-refractivity contribution >= 4 is 11.8 Å². The summed E-state index contributed by atoms with van der Waals surface area (Å²) >= 11 is 1.76. The van der Waals surface area contributed by atoms with Crippen LogP contribution in [0.5, 0.6) is 0 Å². The zero-order chi connectivity index (χ0) is 10.8. The predicted molar refractivity (Wildman–Crippen MR) is 64.3 cm³/mol. The molecule has 0 amide bonds. The van der Waals surface area contributed by atoms with Crippen molar-refractivity contribution in [2.24, 2.45) is 0 Å². The number of hydrogen-bond donors (Lipinski definition) is 0. The molecule has 0 aliphatic heterocycles. The van der Waals surface area contributed by atoms with Gasteiger partial charge >= 0.3 is 0 Å². The molecule has 0 N–H and O–H groups in total. The van der Waals surface area contributed by atoms with Gasteiger partial charge in [0, 0.05) is 11.8 Å². The first-order valence-corrected chi connectivity index (χ1v) is 6.48. The van der Waals surface area contributed by atoms with Crippen LogP contribution in [0, 0.1) is 0 Å². The van der Waals surface area contributed by atoms with Crippen LogP contribution in [-0.2, 0) is 5.75 Å². The summed E-state index contributed by atoms with van der Waals surface area (Å²) in [6.07, 6.45) is 4.40.